The molecule has 0 aliphatic carbocycles. The first kappa shape index (κ1) is 27.0. The largest absolute Gasteiger partial charge is 0.497 e. The minimum absolute atomic E-state index is 0.0647. The fourth-order valence-corrected chi connectivity index (χ4v) is 4.05. The summed E-state index contributed by atoms with van der Waals surface area (Å²) in [6.45, 7) is 0.599. The number of carbonyl (C=O) groups excluding carboxylic acids is 2. The van der Waals surface area contributed by atoms with E-state index in [2.05, 4.69) is 5.32 Å². The van der Waals surface area contributed by atoms with Gasteiger partial charge >= 0.3 is 6.18 Å². The monoisotopic (exact) mass is 501 g/mol. The van der Waals surface area contributed by atoms with Crippen LogP contribution >= 0.6 is 0 Å². The van der Waals surface area contributed by atoms with E-state index >= 15 is 0 Å². The fourth-order valence-electron chi connectivity index (χ4n) is 3.21. The zero-order valence-corrected chi connectivity index (χ0v) is 19.9. The van der Waals surface area contributed by atoms with Crippen molar-refractivity contribution in [2.24, 2.45) is 0 Å². The molecule has 0 aromatic heterocycles. The van der Waals surface area contributed by atoms with Crippen LogP contribution in [0.25, 0.3) is 0 Å². The maximum Gasteiger partial charge on any atom is 0.416 e. The number of anilines is 1. The van der Waals surface area contributed by atoms with Gasteiger partial charge in [0.2, 0.25) is 21.8 Å². The summed E-state index contributed by atoms with van der Waals surface area (Å²) in [5, 5.41) is 2.43. The fraction of sp³-hybridized carbons (Fsp3) is 0.364. The molecule has 0 saturated heterocycles. The maximum atomic E-state index is 13.3. The summed E-state index contributed by atoms with van der Waals surface area (Å²) in [7, 11) is -1.29. The zero-order chi connectivity index (χ0) is 25.7. The summed E-state index contributed by atoms with van der Waals surface area (Å²) < 4.78 is 70.1. The predicted octanol–water partition coefficient (Wildman–Crippen LogP) is 2.64. The molecule has 1 N–H and O–H groups in total. The molecule has 0 saturated carbocycles. The van der Waals surface area contributed by atoms with Gasteiger partial charge in [0.25, 0.3) is 0 Å². The van der Waals surface area contributed by atoms with Crippen molar-refractivity contribution in [3.63, 3.8) is 0 Å². The Morgan fingerprint density at radius 1 is 1.12 bits per heavy atom. The lowest BCUT2D eigenvalue weighted by Crippen LogP contribution is -2.50. The van der Waals surface area contributed by atoms with Crippen molar-refractivity contribution in [2.45, 2.75) is 25.7 Å². The number of nitrogens with zero attached hydrogens (tertiary/aromatic N) is 2. The summed E-state index contributed by atoms with van der Waals surface area (Å²) in [6, 6.07) is 9.41. The van der Waals surface area contributed by atoms with Crippen LogP contribution in [0.15, 0.2) is 48.5 Å². The van der Waals surface area contributed by atoms with E-state index < -0.39 is 46.2 Å². The molecule has 1 atom stereocenters. The van der Waals surface area contributed by atoms with Crippen molar-refractivity contribution < 1.29 is 35.9 Å². The summed E-state index contributed by atoms with van der Waals surface area (Å²) in [4.78, 5) is 26.7. The third-order valence-corrected chi connectivity index (χ3v) is 6.18. The number of sulfonamides is 1. The molecule has 0 fully saturated rings. The summed E-state index contributed by atoms with van der Waals surface area (Å²) >= 11 is 0. The molecule has 0 aliphatic heterocycles. The standard InChI is InChI=1S/C22H26F3N3O5S/c1-15(21(30)26-2)27(13-16-7-5-10-19(11-16)33-3)20(29)14-28(34(4,31)32)18-9-6-8-17(12-18)22(23,24)25/h5-12,15H,13-14H2,1-4H3,(H,26,30)/t15-/m0/s1. The van der Waals surface area contributed by atoms with Crippen LogP contribution in [0.5, 0.6) is 5.75 Å². The molecule has 0 radical (unpaired) electrons. The molecule has 8 nitrogen and oxygen atoms in total. The molecule has 12 heteroatoms. The minimum Gasteiger partial charge on any atom is -0.497 e. The van der Waals surface area contributed by atoms with Crippen LogP contribution in [-0.4, -0.2) is 58.1 Å². The van der Waals surface area contributed by atoms with Gasteiger partial charge < -0.3 is 15.0 Å². The quantitative estimate of drug-likeness (QED) is 0.570. The smallest absolute Gasteiger partial charge is 0.416 e. The number of amides is 2. The summed E-state index contributed by atoms with van der Waals surface area (Å²) in [5.74, 6) is -0.762. The minimum atomic E-state index is -4.70. The third kappa shape index (κ3) is 6.86. The number of likely N-dealkylation sites (N-methyl/N-ethyl adjacent to an activating group) is 1. The van der Waals surface area contributed by atoms with Gasteiger partial charge in [0.05, 0.1) is 24.6 Å². The highest BCUT2D eigenvalue weighted by molar-refractivity contribution is 7.92. The van der Waals surface area contributed by atoms with Gasteiger partial charge in [-0.15, -0.1) is 0 Å². The molecule has 2 aromatic rings. The number of nitrogens with one attached hydrogen (secondary N) is 1. The van der Waals surface area contributed by atoms with Crippen molar-refractivity contribution in [1.82, 2.24) is 10.2 Å². The molecule has 0 bridgehead atoms. The number of methoxy groups -OCH3 is 1. The van der Waals surface area contributed by atoms with Crippen molar-refractivity contribution in [1.29, 1.82) is 0 Å². The predicted molar refractivity (Wildman–Crippen MR) is 121 cm³/mol. The Labute approximate surface area is 196 Å². The lowest BCUT2D eigenvalue weighted by Gasteiger charge is -2.31. The van der Waals surface area contributed by atoms with Crippen molar-refractivity contribution in [3.8, 4) is 5.75 Å². The van der Waals surface area contributed by atoms with Crippen molar-refractivity contribution in [3.05, 3.63) is 59.7 Å². The highest BCUT2D eigenvalue weighted by Crippen LogP contribution is 2.32. The topological polar surface area (TPSA) is 96.0 Å². The number of alkyl halides is 3. The van der Waals surface area contributed by atoms with Crippen LogP contribution in [-0.2, 0) is 32.3 Å². The first-order valence-electron chi connectivity index (χ1n) is 10.1. The number of hydrogen-bond donors (Lipinski definition) is 1. The molecule has 0 spiro atoms. The van der Waals surface area contributed by atoms with Crippen molar-refractivity contribution >= 4 is 27.5 Å². The maximum absolute atomic E-state index is 13.3. The zero-order valence-electron chi connectivity index (χ0n) is 19.1. The van der Waals surface area contributed by atoms with Gasteiger partial charge in [-0.3, -0.25) is 13.9 Å². The molecule has 0 unspecified atom stereocenters. The van der Waals surface area contributed by atoms with E-state index in [1.54, 1.807) is 24.3 Å². The van der Waals surface area contributed by atoms with Gasteiger partial charge in [-0.25, -0.2) is 8.42 Å². The average Bonchev–Trinajstić information content (AvgIpc) is 2.78. The molecule has 2 amide bonds. The summed E-state index contributed by atoms with van der Waals surface area (Å²) in [5.41, 5.74) is -0.772. The van der Waals surface area contributed by atoms with Gasteiger partial charge in [-0.05, 0) is 42.8 Å². The van der Waals surface area contributed by atoms with Gasteiger partial charge in [0.15, 0.2) is 0 Å². The number of ether oxygens (including phenoxy) is 1. The number of rotatable bonds is 9. The molecule has 0 aliphatic rings. The number of benzene rings is 2. The molecule has 2 rings (SSSR count). The van der Waals surface area contributed by atoms with Crippen LogP contribution in [0.4, 0.5) is 18.9 Å². The highest BCUT2D eigenvalue weighted by atomic mass is 32.2. The second-order valence-corrected chi connectivity index (χ2v) is 9.39. The molecule has 34 heavy (non-hydrogen) atoms. The first-order chi connectivity index (χ1) is 15.8. The van der Waals surface area contributed by atoms with E-state index in [0.29, 0.717) is 21.7 Å². The second-order valence-electron chi connectivity index (χ2n) is 7.48. The highest BCUT2D eigenvalue weighted by Gasteiger charge is 2.33. The lowest BCUT2D eigenvalue weighted by molar-refractivity contribution is -0.139. The number of halogens is 3. The Balaban J connectivity index is 2.44. The van der Waals surface area contributed by atoms with E-state index in [0.717, 1.165) is 29.4 Å². The summed E-state index contributed by atoms with van der Waals surface area (Å²) in [6.07, 6.45) is -3.91. The molecular weight excluding hydrogens is 475 g/mol. The van der Waals surface area contributed by atoms with Gasteiger partial charge in [0.1, 0.15) is 18.3 Å². The Morgan fingerprint density at radius 3 is 2.32 bits per heavy atom. The Kier molecular flexibility index (Phi) is 8.54. The van der Waals surface area contributed by atoms with Crippen LogP contribution in [0.1, 0.15) is 18.1 Å². The Morgan fingerprint density at radius 2 is 1.76 bits per heavy atom. The number of carbonyl (C=O) groups is 2. The van der Waals surface area contributed by atoms with Crippen LogP contribution in [0.2, 0.25) is 0 Å². The Hall–Kier alpha value is -3.28. The van der Waals surface area contributed by atoms with E-state index in [9.17, 15) is 31.2 Å². The molecule has 2 aromatic carbocycles. The van der Waals surface area contributed by atoms with E-state index in [1.165, 1.54) is 21.1 Å². The number of hydrogen-bond acceptors (Lipinski definition) is 5. The Bertz CT molecular complexity index is 1140. The van der Waals surface area contributed by atoms with Crippen LogP contribution in [0, 0.1) is 0 Å². The molecular formula is C22H26F3N3O5S. The van der Waals surface area contributed by atoms with Crippen LogP contribution in [0.3, 0.4) is 0 Å². The third-order valence-electron chi connectivity index (χ3n) is 5.04. The van der Waals surface area contributed by atoms with Gasteiger partial charge in [-0.1, -0.05) is 18.2 Å². The van der Waals surface area contributed by atoms with Crippen LogP contribution < -0.4 is 14.4 Å². The van der Waals surface area contributed by atoms with Gasteiger partial charge in [-0.2, -0.15) is 13.2 Å². The second kappa shape index (κ2) is 10.8. The molecule has 186 valence electrons. The van der Waals surface area contributed by atoms with E-state index in [-0.39, 0.29) is 12.2 Å². The SMILES string of the molecule is CNC(=O)[C@H](C)N(Cc1cccc(OC)c1)C(=O)CN(c1cccc(C(F)(F)F)c1)S(C)(=O)=O. The first-order valence-corrected chi connectivity index (χ1v) is 11.9. The molecule has 0 heterocycles. The lowest BCUT2D eigenvalue weighted by atomic mass is 10.1. The average molecular weight is 502 g/mol. The van der Waals surface area contributed by atoms with Gasteiger partial charge in [0, 0.05) is 13.6 Å². The van der Waals surface area contributed by atoms with E-state index in [4.69, 9.17) is 4.74 Å². The van der Waals surface area contributed by atoms with E-state index in [1.807, 2.05) is 0 Å². The normalized spacial score (nSPS) is 12.6. The van der Waals surface area contributed by atoms with Crippen molar-refractivity contribution in [2.75, 3.05) is 31.3 Å².